The third-order valence-corrected chi connectivity index (χ3v) is 10.5. The monoisotopic (exact) mass is 510 g/mol. The number of aliphatic hydroxyl groups excluding tert-OH is 1. The quantitative estimate of drug-likeness (QED) is 0.363. The largest absolute Gasteiger partial charge is 0.465 e. The lowest BCUT2D eigenvalue weighted by molar-refractivity contribution is -0.274. The van der Waals surface area contributed by atoms with E-state index in [0.717, 1.165) is 0 Å². The number of esters is 3. The van der Waals surface area contributed by atoms with E-state index in [1.165, 1.54) is 20.8 Å². The molecule has 4 fully saturated rings. The molecule has 0 amide bonds. The van der Waals surface area contributed by atoms with Crippen molar-refractivity contribution in [2.75, 3.05) is 13.2 Å². The minimum absolute atomic E-state index is 0.0676. The first-order chi connectivity index (χ1) is 16.8. The van der Waals surface area contributed by atoms with Gasteiger partial charge < -0.3 is 29.5 Å². The van der Waals surface area contributed by atoms with Crippen LogP contribution in [0.2, 0.25) is 0 Å². The van der Waals surface area contributed by atoms with Gasteiger partial charge in [-0.1, -0.05) is 6.92 Å². The van der Waals surface area contributed by atoms with Crippen LogP contribution in [0.1, 0.15) is 85.5 Å². The molecule has 0 radical (unpaired) electrons. The van der Waals surface area contributed by atoms with Crippen molar-refractivity contribution in [2.24, 2.45) is 28.6 Å². The van der Waals surface area contributed by atoms with Crippen molar-refractivity contribution in [3.63, 3.8) is 0 Å². The summed E-state index contributed by atoms with van der Waals surface area (Å²) >= 11 is 0. The molecule has 0 aromatic carbocycles. The van der Waals surface area contributed by atoms with Gasteiger partial charge in [0, 0.05) is 38.0 Å². The third kappa shape index (κ3) is 4.25. The van der Waals surface area contributed by atoms with Gasteiger partial charge in [-0.3, -0.25) is 14.4 Å². The Balaban J connectivity index is 1.64. The molecule has 204 valence electrons. The van der Waals surface area contributed by atoms with Crippen molar-refractivity contribution in [2.45, 2.75) is 109 Å². The van der Waals surface area contributed by atoms with Crippen LogP contribution in [0.4, 0.5) is 0 Å². The van der Waals surface area contributed by atoms with E-state index in [0.29, 0.717) is 51.4 Å². The number of hydrogen-bond donors (Lipinski definition) is 3. The number of rotatable bonds is 6. The van der Waals surface area contributed by atoms with Gasteiger partial charge in [-0.25, -0.2) is 0 Å². The van der Waals surface area contributed by atoms with Crippen molar-refractivity contribution in [1.82, 2.24) is 0 Å². The molecule has 0 spiro atoms. The normalized spacial score (nSPS) is 44.4. The zero-order valence-electron chi connectivity index (χ0n) is 22.0. The van der Waals surface area contributed by atoms with Crippen LogP contribution in [-0.2, 0) is 28.6 Å². The topological polar surface area (TPSA) is 140 Å². The standard InChI is InChI=1S/C27H42O9/c1-16(28)34-14-23(31)22-8-12-27(33)21-7-11-26(32)13-19(36-18(3)30)5-10-25(26,15-35-17(2)29)20(21)6-9-24(22,27)4/h19-23,31-33H,5-15H2,1-4H3/t19-,20+,21-,22-,23+,24+,25-,26+,27-/m0/s1. The Morgan fingerprint density at radius 2 is 1.53 bits per heavy atom. The summed E-state index contributed by atoms with van der Waals surface area (Å²) in [5.41, 5.74) is -3.56. The van der Waals surface area contributed by atoms with Crippen LogP contribution in [0.3, 0.4) is 0 Å². The number of carbonyl (C=O) groups excluding carboxylic acids is 3. The fraction of sp³-hybridized carbons (Fsp3) is 0.889. The summed E-state index contributed by atoms with van der Waals surface area (Å²) in [4.78, 5) is 34.8. The molecule has 0 bridgehead atoms. The van der Waals surface area contributed by atoms with Crippen LogP contribution < -0.4 is 0 Å². The van der Waals surface area contributed by atoms with E-state index in [1.54, 1.807) is 0 Å². The molecule has 0 aromatic heterocycles. The van der Waals surface area contributed by atoms with Crippen molar-refractivity contribution in [1.29, 1.82) is 0 Å². The van der Waals surface area contributed by atoms with Crippen LogP contribution in [-0.4, -0.2) is 69.9 Å². The Morgan fingerprint density at radius 1 is 0.861 bits per heavy atom. The van der Waals surface area contributed by atoms with Gasteiger partial charge >= 0.3 is 17.9 Å². The lowest BCUT2D eigenvalue weighted by Gasteiger charge is -2.66. The van der Waals surface area contributed by atoms with Gasteiger partial charge in [-0.2, -0.15) is 0 Å². The Kier molecular flexibility index (Phi) is 7.25. The zero-order chi connectivity index (χ0) is 26.5. The number of carbonyl (C=O) groups is 3. The van der Waals surface area contributed by atoms with Gasteiger partial charge in [0.1, 0.15) is 12.7 Å². The molecule has 4 aliphatic rings. The second kappa shape index (κ2) is 9.55. The highest BCUT2D eigenvalue weighted by Crippen LogP contribution is 2.70. The molecule has 4 rings (SSSR count). The highest BCUT2D eigenvalue weighted by Gasteiger charge is 2.72. The minimum atomic E-state index is -1.18. The van der Waals surface area contributed by atoms with Crippen molar-refractivity contribution in [3.8, 4) is 0 Å². The summed E-state index contributed by atoms with van der Waals surface area (Å²) in [5, 5.41) is 35.3. The lowest BCUT2D eigenvalue weighted by Crippen LogP contribution is -2.69. The molecule has 9 atom stereocenters. The van der Waals surface area contributed by atoms with E-state index in [4.69, 9.17) is 14.2 Å². The average Bonchev–Trinajstić information content (AvgIpc) is 3.06. The molecular weight excluding hydrogens is 468 g/mol. The second-order valence-electron chi connectivity index (χ2n) is 12.1. The van der Waals surface area contributed by atoms with Gasteiger partial charge in [-0.15, -0.1) is 0 Å². The van der Waals surface area contributed by atoms with Gasteiger partial charge in [0.2, 0.25) is 0 Å². The molecule has 9 nitrogen and oxygen atoms in total. The molecule has 3 N–H and O–H groups in total. The number of hydrogen-bond acceptors (Lipinski definition) is 9. The summed E-state index contributed by atoms with van der Waals surface area (Å²) in [7, 11) is 0. The average molecular weight is 511 g/mol. The highest BCUT2D eigenvalue weighted by atomic mass is 16.5. The van der Waals surface area contributed by atoms with E-state index >= 15 is 0 Å². The highest BCUT2D eigenvalue weighted by molar-refractivity contribution is 5.66. The zero-order valence-corrected chi connectivity index (χ0v) is 22.0. The van der Waals surface area contributed by atoms with Gasteiger partial charge in [0.25, 0.3) is 0 Å². The molecule has 0 heterocycles. The smallest absolute Gasteiger partial charge is 0.302 e. The van der Waals surface area contributed by atoms with Crippen molar-refractivity contribution >= 4 is 17.9 Å². The van der Waals surface area contributed by atoms with Crippen LogP contribution in [0.15, 0.2) is 0 Å². The molecule has 0 saturated heterocycles. The van der Waals surface area contributed by atoms with Gasteiger partial charge in [0.15, 0.2) is 0 Å². The predicted octanol–water partition coefficient (Wildman–Crippen LogP) is 2.27. The Bertz CT molecular complexity index is 890. The first-order valence-corrected chi connectivity index (χ1v) is 13.3. The number of aliphatic hydroxyl groups is 3. The van der Waals surface area contributed by atoms with E-state index in [1.807, 2.05) is 6.92 Å². The summed E-state index contributed by atoms with van der Waals surface area (Å²) in [6, 6.07) is 0. The van der Waals surface area contributed by atoms with Crippen molar-refractivity contribution < 1.29 is 43.9 Å². The number of fused-ring (bicyclic) bond motifs is 5. The predicted molar refractivity (Wildman–Crippen MR) is 127 cm³/mol. The molecule has 0 unspecified atom stereocenters. The first kappa shape index (κ1) is 27.3. The van der Waals surface area contributed by atoms with Crippen LogP contribution in [0.5, 0.6) is 0 Å². The van der Waals surface area contributed by atoms with E-state index in [-0.39, 0.29) is 43.4 Å². The molecule has 9 heteroatoms. The minimum Gasteiger partial charge on any atom is -0.465 e. The van der Waals surface area contributed by atoms with Gasteiger partial charge in [-0.05, 0) is 69.1 Å². The number of ether oxygens (including phenoxy) is 3. The molecule has 36 heavy (non-hydrogen) atoms. The maximum atomic E-state index is 12.3. The second-order valence-corrected chi connectivity index (χ2v) is 12.1. The summed E-state index contributed by atoms with van der Waals surface area (Å²) in [6.07, 6.45) is 3.61. The molecule has 4 saturated carbocycles. The molecular formula is C27H42O9. The fourth-order valence-electron chi connectivity index (χ4n) is 8.83. The van der Waals surface area contributed by atoms with E-state index < -0.39 is 46.2 Å². The van der Waals surface area contributed by atoms with Crippen LogP contribution >= 0.6 is 0 Å². The lowest BCUT2D eigenvalue weighted by atomic mass is 9.41. The van der Waals surface area contributed by atoms with E-state index in [9.17, 15) is 29.7 Å². The summed E-state index contributed by atoms with van der Waals surface area (Å²) in [5.74, 6) is -1.67. The Morgan fingerprint density at radius 3 is 2.17 bits per heavy atom. The summed E-state index contributed by atoms with van der Waals surface area (Å²) in [6.45, 7) is 6.05. The molecule has 0 aromatic rings. The van der Waals surface area contributed by atoms with E-state index in [2.05, 4.69) is 0 Å². The maximum Gasteiger partial charge on any atom is 0.302 e. The first-order valence-electron chi connectivity index (χ1n) is 13.3. The SMILES string of the molecule is CC(=O)OC[C@@H](O)[C@@H]1CC[C@]2(O)[C@H]3CC[C@@]4(O)C[C@@H](OC(C)=O)CC[C@]4(COC(C)=O)[C@@H]3CC[C@]12C. The van der Waals surface area contributed by atoms with Crippen molar-refractivity contribution in [3.05, 3.63) is 0 Å². The Labute approximate surface area is 212 Å². The van der Waals surface area contributed by atoms with Crippen LogP contribution in [0, 0.1) is 28.6 Å². The summed E-state index contributed by atoms with van der Waals surface area (Å²) < 4.78 is 16.1. The molecule has 0 aliphatic heterocycles. The third-order valence-electron chi connectivity index (χ3n) is 10.5. The van der Waals surface area contributed by atoms with Crippen LogP contribution in [0.25, 0.3) is 0 Å². The fourth-order valence-corrected chi connectivity index (χ4v) is 8.83. The van der Waals surface area contributed by atoms with Gasteiger partial charge in [0.05, 0.1) is 23.9 Å². The Hall–Kier alpha value is -1.71. The maximum absolute atomic E-state index is 12.3. The molecule has 4 aliphatic carbocycles.